The Balaban J connectivity index is 0.00000320. The highest BCUT2D eigenvalue weighted by molar-refractivity contribution is 14.0. The van der Waals surface area contributed by atoms with E-state index in [1.54, 1.807) is 13.1 Å². The molecule has 0 atom stereocenters. The molecule has 2 aromatic carbocycles. The Labute approximate surface area is 190 Å². The van der Waals surface area contributed by atoms with Gasteiger partial charge in [0.2, 0.25) is 0 Å². The molecule has 9 heteroatoms. The molecular formula is C21H23F3IN5. The zero-order valence-electron chi connectivity index (χ0n) is 16.4. The summed E-state index contributed by atoms with van der Waals surface area (Å²) in [5, 5.41) is 10.6. The summed E-state index contributed by atoms with van der Waals surface area (Å²) >= 11 is 0. The molecule has 0 saturated heterocycles. The van der Waals surface area contributed by atoms with Crippen LogP contribution < -0.4 is 10.6 Å². The molecule has 0 aliphatic carbocycles. The number of rotatable bonds is 6. The Morgan fingerprint density at radius 3 is 2.50 bits per heavy atom. The van der Waals surface area contributed by atoms with Gasteiger partial charge in [-0.2, -0.15) is 18.3 Å². The van der Waals surface area contributed by atoms with E-state index in [9.17, 15) is 13.2 Å². The van der Waals surface area contributed by atoms with Crippen LogP contribution in [-0.2, 0) is 19.1 Å². The van der Waals surface area contributed by atoms with Gasteiger partial charge in [0.1, 0.15) is 0 Å². The van der Waals surface area contributed by atoms with Crippen LogP contribution in [0.25, 0.3) is 5.69 Å². The minimum absolute atomic E-state index is 0. The summed E-state index contributed by atoms with van der Waals surface area (Å²) in [4.78, 5) is 4.11. The van der Waals surface area contributed by atoms with E-state index in [0.717, 1.165) is 29.8 Å². The number of hydrogen-bond acceptors (Lipinski definition) is 2. The van der Waals surface area contributed by atoms with Crippen LogP contribution in [0.5, 0.6) is 0 Å². The summed E-state index contributed by atoms with van der Waals surface area (Å²) in [6, 6.07) is 15.1. The van der Waals surface area contributed by atoms with Crippen molar-refractivity contribution < 1.29 is 13.2 Å². The third-order valence-corrected chi connectivity index (χ3v) is 4.30. The lowest BCUT2D eigenvalue weighted by Crippen LogP contribution is -2.37. The quantitative estimate of drug-likeness (QED) is 0.283. The fourth-order valence-electron chi connectivity index (χ4n) is 2.80. The predicted octanol–water partition coefficient (Wildman–Crippen LogP) is 4.42. The van der Waals surface area contributed by atoms with Gasteiger partial charge < -0.3 is 10.6 Å². The highest BCUT2D eigenvalue weighted by Gasteiger charge is 2.30. The minimum Gasteiger partial charge on any atom is -0.356 e. The van der Waals surface area contributed by atoms with E-state index in [-0.39, 0.29) is 30.5 Å². The van der Waals surface area contributed by atoms with E-state index < -0.39 is 11.7 Å². The van der Waals surface area contributed by atoms with E-state index >= 15 is 0 Å². The van der Waals surface area contributed by atoms with Crippen LogP contribution in [0.1, 0.15) is 16.7 Å². The molecule has 30 heavy (non-hydrogen) atoms. The van der Waals surface area contributed by atoms with E-state index in [4.69, 9.17) is 0 Å². The SMILES string of the molecule is CN=C(NCCc1cnn(-c2ccccc2)c1)NCc1cccc(C(F)(F)F)c1.I. The number of nitrogens with one attached hydrogen (secondary N) is 2. The molecule has 1 heterocycles. The van der Waals surface area contributed by atoms with Crippen molar-refractivity contribution in [2.45, 2.75) is 19.1 Å². The molecule has 0 fully saturated rings. The summed E-state index contributed by atoms with van der Waals surface area (Å²) in [7, 11) is 1.62. The highest BCUT2D eigenvalue weighted by atomic mass is 127. The van der Waals surface area contributed by atoms with E-state index in [2.05, 4.69) is 20.7 Å². The molecular weight excluding hydrogens is 506 g/mol. The molecule has 0 saturated carbocycles. The van der Waals surface area contributed by atoms with E-state index in [0.29, 0.717) is 18.1 Å². The van der Waals surface area contributed by atoms with Crippen molar-refractivity contribution in [1.29, 1.82) is 0 Å². The molecule has 2 N–H and O–H groups in total. The molecule has 0 aliphatic heterocycles. The molecule has 0 aliphatic rings. The van der Waals surface area contributed by atoms with Crippen LogP contribution in [0.2, 0.25) is 0 Å². The van der Waals surface area contributed by atoms with Gasteiger partial charge in [0, 0.05) is 26.3 Å². The van der Waals surface area contributed by atoms with Gasteiger partial charge >= 0.3 is 6.18 Å². The maximum absolute atomic E-state index is 12.8. The largest absolute Gasteiger partial charge is 0.416 e. The van der Waals surface area contributed by atoms with Gasteiger partial charge in [0.05, 0.1) is 17.4 Å². The van der Waals surface area contributed by atoms with Gasteiger partial charge in [-0.15, -0.1) is 24.0 Å². The van der Waals surface area contributed by atoms with Crippen molar-refractivity contribution in [2.24, 2.45) is 4.99 Å². The molecule has 5 nitrogen and oxygen atoms in total. The number of aliphatic imine (C=N–C) groups is 1. The van der Waals surface area contributed by atoms with Gasteiger partial charge in [-0.25, -0.2) is 4.68 Å². The van der Waals surface area contributed by atoms with Crippen LogP contribution in [-0.4, -0.2) is 29.3 Å². The fourth-order valence-corrected chi connectivity index (χ4v) is 2.80. The summed E-state index contributed by atoms with van der Waals surface area (Å²) < 4.78 is 40.2. The molecule has 0 amide bonds. The maximum Gasteiger partial charge on any atom is 0.416 e. The molecule has 0 spiro atoms. The lowest BCUT2D eigenvalue weighted by Gasteiger charge is -2.13. The Kier molecular flexibility index (Phi) is 8.70. The number of para-hydroxylation sites is 1. The first-order chi connectivity index (χ1) is 14.0. The lowest BCUT2D eigenvalue weighted by molar-refractivity contribution is -0.137. The van der Waals surface area contributed by atoms with Gasteiger partial charge in [-0.05, 0) is 41.8 Å². The van der Waals surface area contributed by atoms with Crippen molar-refractivity contribution in [1.82, 2.24) is 20.4 Å². The molecule has 3 rings (SSSR count). The molecule has 160 valence electrons. The molecule has 3 aromatic rings. The second kappa shape index (κ2) is 11.0. The molecule has 1 aromatic heterocycles. The maximum atomic E-state index is 12.8. The summed E-state index contributed by atoms with van der Waals surface area (Å²) in [5.74, 6) is 0.526. The number of hydrogen-bond donors (Lipinski definition) is 2. The van der Waals surface area contributed by atoms with Crippen LogP contribution in [0.3, 0.4) is 0 Å². The van der Waals surface area contributed by atoms with Crippen molar-refractivity contribution in [3.8, 4) is 5.69 Å². The second-order valence-corrected chi connectivity index (χ2v) is 6.43. The molecule has 0 bridgehead atoms. The minimum atomic E-state index is -4.35. The average molecular weight is 529 g/mol. The number of nitrogens with zero attached hydrogens (tertiary/aromatic N) is 3. The Morgan fingerprint density at radius 2 is 1.80 bits per heavy atom. The zero-order valence-corrected chi connectivity index (χ0v) is 18.7. The Hall–Kier alpha value is -2.56. The first-order valence-corrected chi connectivity index (χ1v) is 9.15. The van der Waals surface area contributed by atoms with Gasteiger partial charge in [-0.1, -0.05) is 30.3 Å². The van der Waals surface area contributed by atoms with E-state index in [1.165, 1.54) is 6.07 Å². The van der Waals surface area contributed by atoms with E-state index in [1.807, 2.05) is 47.4 Å². The highest BCUT2D eigenvalue weighted by Crippen LogP contribution is 2.29. The third-order valence-electron chi connectivity index (χ3n) is 4.30. The summed E-state index contributed by atoms with van der Waals surface area (Å²) in [5.41, 5.74) is 1.93. The number of alkyl halides is 3. The van der Waals surface area contributed by atoms with Crippen LogP contribution >= 0.6 is 24.0 Å². The van der Waals surface area contributed by atoms with Crippen molar-refractivity contribution >= 4 is 29.9 Å². The Morgan fingerprint density at radius 1 is 1.03 bits per heavy atom. The number of aromatic nitrogens is 2. The second-order valence-electron chi connectivity index (χ2n) is 6.43. The normalized spacial score (nSPS) is 11.7. The number of guanidine groups is 1. The first-order valence-electron chi connectivity index (χ1n) is 9.15. The lowest BCUT2D eigenvalue weighted by atomic mass is 10.1. The fraction of sp³-hybridized carbons (Fsp3) is 0.238. The summed E-state index contributed by atoms with van der Waals surface area (Å²) in [6.45, 7) is 0.859. The topological polar surface area (TPSA) is 54.2 Å². The Bertz CT molecular complexity index is 955. The van der Waals surface area contributed by atoms with Crippen LogP contribution in [0.15, 0.2) is 72.0 Å². The van der Waals surface area contributed by atoms with Crippen molar-refractivity contribution in [2.75, 3.05) is 13.6 Å². The van der Waals surface area contributed by atoms with Gasteiger partial charge in [0.25, 0.3) is 0 Å². The summed E-state index contributed by atoms with van der Waals surface area (Å²) in [6.07, 6.45) is 0.167. The van der Waals surface area contributed by atoms with Crippen LogP contribution in [0.4, 0.5) is 13.2 Å². The molecule has 0 radical (unpaired) electrons. The average Bonchev–Trinajstić information content (AvgIpc) is 3.20. The third kappa shape index (κ3) is 6.75. The number of halogens is 4. The standard InChI is InChI=1S/C21H22F3N5.HI/c1-25-20(27-13-16-6-5-7-18(12-16)21(22,23)24)26-11-10-17-14-28-29(15-17)19-8-3-2-4-9-19;/h2-9,12,14-15H,10-11,13H2,1H3,(H2,25,26,27);1H. The van der Waals surface area contributed by atoms with Gasteiger partial charge in [0.15, 0.2) is 5.96 Å². The first kappa shape index (κ1) is 23.7. The smallest absolute Gasteiger partial charge is 0.356 e. The monoisotopic (exact) mass is 529 g/mol. The van der Waals surface area contributed by atoms with Crippen LogP contribution in [0, 0.1) is 0 Å². The van der Waals surface area contributed by atoms with Gasteiger partial charge in [-0.3, -0.25) is 4.99 Å². The number of benzene rings is 2. The zero-order chi connectivity index (χ0) is 20.7. The van der Waals surface area contributed by atoms with Crippen molar-refractivity contribution in [3.05, 3.63) is 83.7 Å². The molecule has 0 unspecified atom stereocenters. The van der Waals surface area contributed by atoms with Crippen molar-refractivity contribution in [3.63, 3.8) is 0 Å². The predicted molar refractivity (Wildman–Crippen MR) is 122 cm³/mol.